The summed E-state index contributed by atoms with van der Waals surface area (Å²) in [6.45, 7) is 4.00. The van der Waals surface area contributed by atoms with Crippen LogP contribution in [0.4, 0.5) is 0 Å². The van der Waals surface area contributed by atoms with Gasteiger partial charge < -0.3 is 4.90 Å². The van der Waals surface area contributed by atoms with Crippen molar-refractivity contribution in [2.75, 3.05) is 7.05 Å². The molecule has 0 saturated carbocycles. The van der Waals surface area contributed by atoms with Crippen molar-refractivity contribution in [1.29, 1.82) is 0 Å². The molecule has 94 valence electrons. The van der Waals surface area contributed by atoms with Crippen molar-refractivity contribution >= 4 is 41.1 Å². The Hall–Kier alpha value is -0.700. The first-order valence-electron chi connectivity index (χ1n) is 5.06. The summed E-state index contributed by atoms with van der Waals surface area (Å²) in [5, 5.41) is 0.192. The van der Waals surface area contributed by atoms with Gasteiger partial charge in [-0.2, -0.15) is 0 Å². The van der Waals surface area contributed by atoms with Crippen LogP contribution in [0.2, 0.25) is 0 Å². The summed E-state index contributed by atoms with van der Waals surface area (Å²) in [4.78, 5) is 12.2. The second kappa shape index (κ2) is 8.40. The number of hydrogen-bond donors (Lipinski definition) is 0. The third kappa shape index (κ3) is 4.58. The Morgan fingerprint density at radius 3 is 2.29 bits per heavy atom. The summed E-state index contributed by atoms with van der Waals surface area (Å²) in [5.74, 6) is 0. The van der Waals surface area contributed by atoms with E-state index in [-0.39, 0.29) is 15.1 Å². The maximum Gasteiger partial charge on any atom is 0.162 e. The zero-order valence-electron chi connectivity index (χ0n) is 9.88. The van der Waals surface area contributed by atoms with Gasteiger partial charge in [-0.15, -0.1) is 0 Å². The number of halogens is 3. The highest BCUT2D eigenvalue weighted by Gasteiger charge is 2.13. The lowest BCUT2D eigenvalue weighted by molar-refractivity contribution is -0.104. The normalized spacial score (nSPS) is 18.1. The van der Waals surface area contributed by atoms with Crippen molar-refractivity contribution in [3.8, 4) is 0 Å². The van der Waals surface area contributed by atoms with E-state index in [2.05, 4.69) is 0 Å². The average molecular weight is 295 g/mol. The smallest absolute Gasteiger partial charge is 0.162 e. The van der Waals surface area contributed by atoms with E-state index in [1.807, 2.05) is 39.2 Å². The SMILES string of the molecule is CC.CN1C=CC=C/C1=C(Cl)/C(Cl)=C(/Cl)C=O. The van der Waals surface area contributed by atoms with Gasteiger partial charge in [0.2, 0.25) is 0 Å². The molecule has 0 atom stereocenters. The minimum Gasteiger partial charge on any atom is -0.350 e. The molecule has 1 rings (SSSR count). The summed E-state index contributed by atoms with van der Waals surface area (Å²) in [7, 11) is 1.82. The van der Waals surface area contributed by atoms with Crippen molar-refractivity contribution in [3.63, 3.8) is 0 Å². The predicted molar refractivity (Wildman–Crippen MR) is 75.1 cm³/mol. The highest BCUT2D eigenvalue weighted by molar-refractivity contribution is 6.51. The number of likely N-dealkylation sites (N-methyl/N-ethyl adjacent to an activating group) is 1. The zero-order valence-corrected chi connectivity index (χ0v) is 12.1. The van der Waals surface area contributed by atoms with E-state index in [1.54, 1.807) is 11.0 Å². The van der Waals surface area contributed by atoms with Crippen molar-refractivity contribution in [3.05, 3.63) is 45.2 Å². The van der Waals surface area contributed by atoms with E-state index < -0.39 is 0 Å². The molecule has 1 heterocycles. The summed E-state index contributed by atoms with van der Waals surface area (Å²) < 4.78 is 0. The van der Waals surface area contributed by atoms with Gasteiger partial charge in [0.05, 0.1) is 15.8 Å². The first-order valence-corrected chi connectivity index (χ1v) is 6.19. The van der Waals surface area contributed by atoms with Crippen LogP contribution in [0.1, 0.15) is 13.8 Å². The maximum atomic E-state index is 10.4. The van der Waals surface area contributed by atoms with E-state index in [1.165, 1.54) is 0 Å². The number of nitrogens with zero attached hydrogens (tertiary/aromatic N) is 1. The molecule has 0 amide bonds. The van der Waals surface area contributed by atoms with Crippen LogP contribution in [0.3, 0.4) is 0 Å². The lowest BCUT2D eigenvalue weighted by Crippen LogP contribution is -2.12. The summed E-state index contributed by atoms with van der Waals surface area (Å²) in [6, 6.07) is 0. The first kappa shape index (κ1) is 16.3. The highest BCUT2D eigenvalue weighted by Crippen LogP contribution is 2.29. The quantitative estimate of drug-likeness (QED) is 0.557. The molecule has 0 spiro atoms. The molecule has 0 unspecified atom stereocenters. The van der Waals surface area contributed by atoms with E-state index in [9.17, 15) is 4.79 Å². The van der Waals surface area contributed by atoms with Gasteiger partial charge in [0.1, 0.15) is 5.03 Å². The molecule has 0 radical (unpaired) electrons. The minimum absolute atomic E-state index is 0.0510. The fraction of sp³-hybridized carbons (Fsp3) is 0.250. The maximum absolute atomic E-state index is 10.4. The summed E-state index contributed by atoms with van der Waals surface area (Å²) in [6.07, 6.45) is 7.72. The van der Waals surface area contributed by atoms with Crippen LogP contribution in [0, 0.1) is 0 Å². The second-order valence-corrected chi connectivity index (χ2v) is 3.95. The largest absolute Gasteiger partial charge is 0.350 e. The van der Waals surface area contributed by atoms with Gasteiger partial charge in [0.15, 0.2) is 6.29 Å². The monoisotopic (exact) mass is 293 g/mol. The molecular formula is C12H14Cl3NO. The van der Waals surface area contributed by atoms with Crippen molar-refractivity contribution in [2.45, 2.75) is 13.8 Å². The van der Waals surface area contributed by atoms with Gasteiger partial charge >= 0.3 is 0 Å². The Labute approximate surface area is 117 Å². The van der Waals surface area contributed by atoms with Crippen LogP contribution < -0.4 is 0 Å². The molecule has 0 aromatic carbocycles. The molecule has 0 fully saturated rings. The molecule has 0 aromatic heterocycles. The van der Waals surface area contributed by atoms with E-state index >= 15 is 0 Å². The van der Waals surface area contributed by atoms with Crippen LogP contribution in [-0.2, 0) is 4.79 Å². The van der Waals surface area contributed by atoms with Gasteiger partial charge in [0.25, 0.3) is 0 Å². The standard InChI is InChI=1S/C10H8Cl3NO.C2H6/c1-14-5-3-2-4-8(14)10(13)9(12)7(11)6-15;1-2/h2-6H,1H3;1-2H3/b9-7-,10-8+;. The molecule has 5 heteroatoms. The van der Waals surface area contributed by atoms with Crippen molar-refractivity contribution < 1.29 is 4.79 Å². The molecule has 0 N–H and O–H groups in total. The van der Waals surface area contributed by atoms with E-state index in [0.717, 1.165) is 0 Å². The molecular weight excluding hydrogens is 280 g/mol. The number of hydrogen-bond acceptors (Lipinski definition) is 2. The van der Waals surface area contributed by atoms with Gasteiger partial charge in [-0.25, -0.2) is 0 Å². The highest BCUT2D eigenvalue weighted by atomic mass is 35.5. The minimum atomic E-state index is -0.106. The Morgan fingerprint density at radius 1 is 1.24 bits per heavy atom. The second-order valence-electron chi connectivity index (χ2n) is 2.79. The summed E-state index contributed by atoms with van der Waals surface area (Å²) >= 11 is 17.4. The Morgan fingerprint density at radius 2 is 1.82 bits per heavy atom. The van der Waals surface area contributed by atoms with Crippen LogP contribution in [0.5, 0.6) is 0 Å². The Bertz CT molecular complexity index is 395. The van der Waals surface area contributed by atoms with Crippen molar-refractivity contribution in [2.24, 2.45) is 0 Å². The average Bonchev–Trinajstić information content (AvgIpc) is 2.39. The molecule has 2 nitrogen and oxygen atoms in total. The zero-order chi connectivity index (χ0) is 13.4. The number of rotatable bonds is 2. The van der Waals surface area contributed by atoms with Crippen molar-refractivity contribution in [1.82, 2.24) is 4.90 Å². The number of carbonyl (C=O) groups excluding carboxylic acids is 1. The van der Waals surface area contributed by atoms with Crippen LogP contribution in [0.15, 0.2) is 45.2 Å². The van der Waals surface area contributed by atoms with Gasteiger partial charge in [-0.1, -0.05) is 54.7 Å². The molecule has 0 aliphatic carbocycles. The van der Waals surface area contributed by atoms with Crippen LogP contribution in [-0.4, -0.2) is 18.2 Å². The van der Waals surface area contributed by atoms with Gasteiger partial charge in [-0.3, -0.25) is 4.79 Å². The molecule has 0 bridgehead atoms. The van der Waals surface area contributed by atoms with E-state index in [0.29, 0.717) is 12.0 Å². The Kier molecular flexibility index (Phi) is 8.05. The lowest BCUT2D eigenvalue weighted by atomic mass is 10.2. The van der Waals surface area contributed by atoms with Crippen LogP contribution in [0.25, 0.3) is 0 Å². The van der Waals surface area contributed by atoms with E-state index in [4.69, 9.17) is 34.8 Å². The molecule has 1 aliphatic rings. The molecule has 17 heavy (non-hydrogen) atoms. The fourth-order valence-corrected chi connectivity index (χ4v) is 1.60. The summed E-state index contributed by atoms with van der Waals surface area (Å²) in [5.41, 5.74) is 0.684. The lowest BCUT2D eigenvalue weighted by Gasteiger charge is -2.19. The predicted octanol–water partition coefficient (Wildman–Crippen LogP) is 4.37. The number of allylic oxidation sites excluding steroid dienone is 6. The topological polar surface area (TPSA) is 20.3 Å². The fourth-order valence-electron chi connectivity index (χ4n) is 1.02. The number of aldehydes is 1. The third-order valence-corrected chi connectivity index (χ3v) is 3.03. The first-order chi connectivity index (χ1) is 8.07. The molecule has 0 saturated heterocycles. The van der Waals surface area contributed by atoms with Gasteiger partial charge in [-0.05, 0) is 12.2 Å². The number of carbonyl (C=O) groups is 1. The molecule has 0 aromatic rings. The Balaban J connectivity index is 0.00000121. The molecule has 1 aliphatic heterocycles. The van der Waals surface area contributed by atoms with Gasteiger partial charge in [0, 0.05) is 13.2 Å². The van der Waals surface area contributed by atoms with Crippen LogP contribution >= 0.6 is 34.8 Å². The third-order valence-electron chi connectivity index (χ3n) is 1.79.